The number of nitrogens with zero attached hydrogens (tertiary/aromatic N) is 2. The highest BCUT2D eigenvalue weighted by molar-refractivity contribution is 5.76. The highest BCUT2D eigenvalue weighted by Gasteiger charge is 2.41. The molecular weight excluding hydrogens is 364 g/mol. The van der Waals surface area contributed by atoms with Crippen LogP contribution < -0.4 is 4.74 Å². The lowest BCUT2D eigenvalue weighted by Gasteiger charge is -2.46. The van der Waals surface area contributed by atoms with Gasteiger partial charge in [-0.3, -0.25) is 4.79 Å². The van der Waals surface area contributed by atoms with E-state index in [0.717, 1.165) is 51.6 Å². The number of likely N-dealkylation sites (tertiary alicyclic amines) is 1. The Morgan fingerprint density at radius 1 is 1.14 bits per heavy atom. The molecule has 2 saturated heterocycles. The van der Waals surface area contributed by atoms with Crippen molar-refractivity contribution < 1.29 is 14.3 Å². The molecule has 5 nitrogen and oxygen atoms in total. The molecule has 0 N–H and O–H groups in total. The summed E-state index contributed by atoms with van der Waals surface area (Å²) in [5, 5.41) is 0. The molecule has 29 heavy (non-hydrogen) atoms. The summed E-state index contributed by atoms with van der Waals surface area (Å²) >= 11 is 0. The van der Waals surface area contributed by atoms with Crippen LogP contribution in [0.5, 0.6) is 5.88 Å². The molecule has 4 rings (SSSR count). The minimum absolute atomic E-state index is 0.131. The van der Waals surface area contributed by atoms with Crippen LogP contribution in [-0.4, -0.2) is 47.2 Å². The van der Waals surface area contributed by atoms with Gasteiger partial charge >= 0.3 is 0 Å². The summed E-state index contributed by atoms with van der Waals surface area (Å²) in [6, 6.07) is 16.1. The predicted molar refractivity (Wildman–Crippen MR) is 112 cm³/mol. The highest BCUT2D eigenvalue weighted by Crippen LogP contribution is 2.36. The summed E-state index contributed by atoms with van der Waals surface area (Å²) < 4.78 is 12.3. The second kappa shape index (κ2) is 9.40. The molecule has 2 fully saturated rings. The molecule has 1 aromatic carbocycles. The molecule has 2 aromatic rings. The Morgan fingerprint density at radius 3 is 2.69 bits per heavy atom. The normalized spacial score (nSPS) is 21.1. The van der Waals surface area contributed by atoms with Gasteiger partial charge in [-0.25, -0.2) is 4.98 Å². The maximum Gasteiger partial charge on any atom is 0.222 e. The second-order valence-corrected chi connectivity index (χ2v) is 8.15. The van der Waals surface area contributed by atoms with Crippen LogP contribution in [-0.2, 0) is 16.0 Å². The largest absolute Gasteiger partial charge is 0.474 e. The summed E-state index contributed by atoms with van der Waals surface area (Å²) in [6.45, 7) is 2.27. The van der Waals surface area contributed by atoms with E-state index < -0.39 is 0 Å². The number of rotatable bonds is 6. The van der Waals surface area contributed by atoms with Crippen molar-refractivity contribution in [2.45, 2.75) is 56.7 Å². The van der Waals surface area contributed by atoms with E-state index in [2.05, 4.69) is 29.2 Å². The van der Waals surface area contributed by atoms with Gasteiger partial charge in [0.1, 0.15) is 6.10 Å². The summed E-state index contributed by atoms with van der Waals surface area (Å²) in [5.74, 6) is 0.952. The standard InChI is InChI=1S/C24H30N2O3/c27-23(11-6-9-20-7-2-1-3-8-20)26-16-13-24(14-17-26)19-21(12-18-28-24)29-22-10-4-5-15-25-22/h1-5,7-8,10,15,21H,6,9,11-14,16-19H2. The van der Waals surface area contributed by atoms with Crippen molar-refractivity contribution in [2.24, 2.45) is 0 Å². The highest BCUT2D eigenvalue weighted by atomic mass is 16.5. The summed E-state index contributed by atoms with van der Waals surface area (Å²) in [7, 11) is 0. The smallest absolute Gasteiger partial charge is 0.222 e. The van der Waals surface area contributed by atoms with Crippen LogP contribution in [0.3, 0.4) is 0 Å². The quantitative estimate of drug-likeness (QED) is 0.742. The van der Waals surface area contributed by atoms with Crippen LogP contribution in [0.1, 0.15) is 44.1 Å². The maximum atomic E-state index is 12.6. The molecule has 1 amide bonds. The number of amides is 1. The maximum absolute atomic E-state index is 12.6. The lowest BCUT2D eigenvalue weighted by atomic mass is 9.83. The Hall–Kier alpha value is -2.40. The van der Waals surface area contributed by atoms with Gasteiger partial charge in [0.25, 0.3) is 0 Å². The Balaban J connectivity index is 1.23. The zero-order chi connectivity index (χ0) is 19.9. The molecule has 5 heteroatoms. The van der Waals surface area contributed by atoms with Gasteiger partial charge in [0.2, 0.25) is 11.8 Å². The number of benzene rings is 1. The Labute approximate surface area is 173 Å². The van der Waals surface area contributed by atoms with Crippen molar-refractivity contribution in [1.82, 2.24) is 9.88 Å². The number of ether oxygens (including phenoxy) is 2. The van der Waals surface area contributed by atoms with E-state index in [-0.39, 0.29) is 17.6 Å². The fourth-order valence-corrected chi connectivity index (χ4v) is 4.43. The molecule has 1 aromatic heterocycles. The molecular formula is C24H30N2O3. The summed E-state index contributed by atoms with van der Waals surface area (Å²) in [6.07, 6.45) is 7.91. The SMILES string of the molecule is O=C(CCCc1ccccc1)N1CCC2(CC1)CC(Oc1ccccn1)CCO2. The van der Waals surface area contributed by atoms with Crippen molar-refractivity contribution >= 4 is 5.91 Å². The second-order valence-electron chi connectivity index (χ2n) is 8.15. The van der Waals surface area contributed by atoms with E-state index in [1.807, 2.05) is 29.2 Å². The number of pyridine rings is 1. The third kappa shape index (κ3) is 5.36. The fraction of sp³-hybridized carbons (Fsp3) is 0.500. The first-order valence-electron chi connectivity index (χ1n) is 10.8. The number of hydrogen-bond acceptors (Lipinski definition) is 4. The van der Waals surface area contributed by atoms with Crippen molar-refractivity contribution in [3.8, 4) is 5.88 Å². The molecule has 154 valence electrons. The lowest BCUT2D eigenvalue weighted by molar-refractivity contribution is -0.151. The number of carbonyl (C=O) groups excluding carboxylic acids is 1. The summed E-state index contributed by atoms with van der Waals surface area (Å²) in [5.41, 5.74) is 1.14. The van der Waals surface area contributed by atoms with Crippen LogP contribution in [0, 0.1) is 0 Å². The lowest BCUT2D eigenvalue weighted by Crippen LogP contribution is -2.52. The third-order valence-electron chi connectivity index (χ3n) is 6.10. The van der Waals surface area contributed by atoms with E-state index in [9.17, 15) is 4.79 Å². The molecule has 0 saturated carbocycles. The number of aromatic nitrogens is 1. The molecule has 1 atom stereocenters. The van der Waals surface area contributed by atoms with E-state index in [1.54, 1.807) is 6.20 Å². The van der Waals surface area contributed by atoms with Crippen LogP contribution in [0.25, 0.3) is 0 Å². The zero-order valence-electron chi connectivity index (χ0n) is 17.0. The molecule has 1 spiro atoms. The molecule has 2 aliphatic heterocycles. The van der Waals surface area contributed by atoms with Gasteiger partial charge in [0, 0.05) is 44.6 Å². The molecule has 0 radical (unpaired) electrons. The van der Waals surface area contributed by atoms with Gasteiger partial charge in [-0.2, -0.15) is 0 Å². The molecule has 0 aliphatic carbocycles. The molecule has 0 bridgehead atoms. The van der Waals surface area contributed by atoms with Crippen LogP contribution in [0.4, 0.5) is 0 Å². The predicted octanol–water partition coefficient (Wildman–Crippen LogP) is 4.02. The van der Waals surface area contributed by atoms with Crippen molar-refractivity contribution in [2.75, 3.05) is 19.7 Å². The van der Waals surface area contributed by atoms with E-state index in [4.69, 9.17) is 9.47 Å². The molecule has 2 aliphatic rings. The average Bonchev–Trinajstić information content (AvgIpc) is 2.76. The van der Waals surface area contributed by atoms with Gasteiger partial charge < -0.3 is 14.4 Å². The van der Waals surface area contributed by atoms with Gasteiger partial charge in [-0.05, 0) is 37.3 Å². The minimum atomic E-state index is -0.154. The monoisotopic (exact) mass is 394 g/mol. The first-order chi connectivity index (χ1) is 14.2. The van der Waals surface area contributed by atoms with Gasteiger partial charge in [0.15, 0.2) is 0 Å². The Bertz CT molecular complexity index is 773. The number of hydrogen-bond donors (Lipinski definition) is 0. The number of piperidine rings is 1. The van der Waals surface area contributed by atoms with Crippen LogP contribution in [0.15, 0.2) is 54.7 Å². The molecule has 3 heterocycles. The fourth-order valence-electron chi connectivity index (χ4n) is 4.43. The first-order valence-corrected chi connectivity index (χ1v) is 10.8. The van der Waals surface area contributed by atoms with Crippen LogP contribution in [0.2, 0.25) is 0 Å². The van der Waals surface area contributed by atoms with Gasteiger partial charge in [-0.15, -0.1) is 0 Å². The van der Waals surface area contributed by atoms with E-state index in [0.29, 0.717) is 18.9 Å². The van der Waals surface area contributed by atoms with Crippen molar-refractivity contribution in [3.63, 3.8) is 0 Å². The number of carbonyl (C=O) groups is 1. The zero-order valence-corrected chi connectivity index (χ0v) is 17.0. The topological polar surface area (TPSA) is 51.7 Å². The van der Waals surface area contributed by atoms with Gasteiger partial charge in [0.05, 0.1) is 12.2 Å². The van der Waals surface area contributed by atoms with Crippen molar-refractivity contribution in [1.29, 1.82) is 0 Å². The third-order valence-corrected chi connectivity index (χ3v) is 6.10. The number of aryl methyl sites for hydroxylation is 1. The molecule has 1 unspecified atom stereocenters. The van der Waals surface area contributed by atoms with Gasteiger partial charge in [-0.1, -0.05) is 36.4 Å². The Morgan fingerprint density at radius 2 is 1.93 bits per heavy atom. The average molecular weight is 395 g/mol. The van der Waals surface area contributed by atoms with E-state index in [1.165, 1.54) is 5.56 Å². The first kappa shape index (κ1) is 19.9. The summed E-state index contributed by atoms with van der Waals surface area (Å²) in [4.78, 5) is 18.9. The van der Waals surface area contributed by atoms with E-state index >= 15 is 0 Å². The minimum Gasteiger partial charge on any atom is -0.474 e. The van der Waals surface area contributed by atoms with Crippen LogP contribution >= 0.6 is 0 Å². The van der Waals surface area contributed by atoms with Crippen molar-refractivity contribution in [3.05, 3.63) is 60.3 Å². The Kier molecular flexibility index (Phi) is 6.45.